The molecular weight excluding hydrogens is 1140 g/mol. The monoisotopic (exact) mass is 1190 g/mol. The van der Waals surface area contributed by atoms with Gasteiger partial charge in [-0.3, -0.25) is 39.0 Å². The summed E-state index contributed by atoms with van der Waals surface area (Å²) in [5.41, 5.74) is -6.77. The van der Waals surface area contributed by atoms with Gasteiger partial charge in [-0.1, -0.05) is 90.7 Å². The number of rotatable bonds is 15. The normalized spacial score (nSPS) is 13.6. The van der Waals surface area contributed by atoms with Crippen molar-refractivity contribution in [1.29, 1.82) is 0 Å². The number of nitrogens with zero attached hydrogens (tertiary/aromatic N) is 11. The Kier molecular flexibility index (Phi) is 16.7. The Bertz CT molecular complexity index is 3870. The van der Waals surface area contributed by atoms with Crippen LogP contribution in [-0.2, 0) is 4.79 Å². The van der Waals surface area contributed by atoms with Gasteiger partial charge in [-0.15, -0.1) is 0 Å². The first-order valence-corrected chi connectivity index (χ1v) is 26.8. The van der Waals surface area contributed by atoms with E-state index in [-0.39, 0.29) is 79.6 Å². The lowest BCUT2D eigenvalue weighted by molar-refractivity contribution is -0.387. The SMILES string of the molecule is COc1cccc(F)c1-c1nc2c(OC(=O)C3CN(C(=O)Oc4c([N+](=O)[O-])c(=O)n(-c5c(C(C)C)ncnc5C(C)C)c5cc(Cl)c(-c6c(F)cccc6OC)nc45)CCN3)c([N+](=O)[O-])c(=O)n(-c3c(C(C)C)ncnc3C(C)C)c2cc1Cl. The van der Waals surface area contributed by atoms with Crippen molar-refractivity contribution in [1.82, 2.24) is 49.3 Å². The molecule has 0 radical (unpaired) electrons. The minimum atomic E-state index is -1.61. The summed E-state index contributed by atoms with van der Waals surface area (Å²) in [5.74, 6) is -6.80. The minimum Gasteiger partial charge on any atom is -0.496 e. The Morgan fingerprint density at radius 1 is 0.655 bits per heavy atom. The van der Waals surface area contributed by atoms with Crippen molar-refractivity contribution in [3.05, 3.63) is 147 Å². The van der Waals surface area contributed by atoms with Gasteiger partial charge in [-0.2, -0.15) is 0 Å². The molecule has 0 bridgehead atoms. The van der Waals surface area contributed by atoms with E-state index in [9.17, 15) is 39.4 Å². The van der Waals surface area contributed by atoms with Gasteiger partial charge in [0.15, 0.2) is 0 Å². The van der Waals surface area contributed by atoms with Gasteiger partial charge >= 0.3 is 34.6 Å². The maximum Gasteiger partial charge on any atom is 0.415 e. The van der Waals surface area contributed by atoms with Crippen LogP contribution in [0.4, 0.5) is 25.0 Å². The number of piperazine rings is 1. The van der Waals surface area contributed by atoms with Gasteiger partial charge < -0.3 is 29.2 Å². The fraction of sp³-hybridized carbons (Fsp3) is 0.321. The number of nitro groups is 2. The van der Waals surface area contributed by atoms with E-state index >= 15 is 8.78 Å². The predicted octanol–water partition coefficient (Wildman–Crippen LogP) is 10.3. The van der Waals surface area contributed by atoms with Crippen LogP contribution in [0.15, 0.2) is 70.8 Å². The number of carbonyl (C=O) groups is 2. The summed E-state index contributed by atoms with van der Waals surface area (Å²) < 4.78 is 56.3. The minimum absolute atomic E-state index is 0.0530. The van der Waals surface area contributed by atoms with Gasteiger partial charge in [0, 0.05) is 13.1 Å². The summed E-state index contributed by atoms with van der Waals surface area (Å²) >= 11 is 13.8. The molecule has 1 aliphatic heterocycles. The lowest BCUT2D eigenvalue weighted by Crippen LogP contribution is -2.57. The first-order chi connectivity index (χ1) is 39.9. The Morgan fingerprint density at radius 3 is 1.42 bits per heavy atom. The molecule has 1 amide bonds. The molecule has 1 fully saturated rings. The van der Waals surface area contributed by atoms with E-state index in [4.69, 9.17) is 42.1 Å². The summed E-state index contributed by atoms with van der Waals surface area (Å²) in [4.78, 5) is 112. The number of hydrogen-bond donors (Lipinski definition) is 1. The van der Waals surface area contributed by atoms with E-state index in [2.05, 4.69) is 35.2 Å². The lowest BCUT2D eigenvalue weighted by atomic mass is 10.0. The highest BCUT2D eigenvalue weighted by molar-refractivity contribution is 6.34. The molecule has 1 saturated heterocycles. The van der Waals surface area contributed by atoms with Crippen molar-refractivity contribution >= 4 is 68.7 Å². The first-order valence-electron chi connectivity index (χ1n) is 26.1. The molecule has 9 rings (SSSR count). The van der Waals surface area contributed by atoms with Crippen LogP contribution in [-0.4, -0.2) is 106 Å². The highest BCUT2D eigenvalue weighted by Gasteiger charge is 2.40. The average molecular weight is 1190 g/mol. The van der Waals surface area contributed by atoms with Crippen LogP contribution in [0.25, 0.3) is 56.0 Å². The molecule has 1 atom stereocenters. The molecule has 0 saturated carbocycles. The average Bonchev–Trinajstić information content (AvgIpc) is 0.819. The van der Waals surface area contributed by atoms with Crippen molar-refractivity contribution in [2.24, 2.45) is 0 Å². The smallest absolute Gasteiger partial charge is 0.415 e. The number of halogens is 4. The Morgan fingerprint density at radius 2 is 1.05 bits per heavy atom. The zero-order chi connectivity index (χ0) is 60.9. The first kappa shape index (κ1) is 59.5. The molecule has 1 aliphatic rings. The highest BCUT2D eigenvalue weighted by atomic mass is 35.5. The van der Waals surface area contributed by atoms with Crippen LogP contribution in [0.5, 0.6) is 23.0 Å². The molecule has 28 heteroatoms. The van der Waals surface area contributed by atoms with E-state index in [0.717, 1.165) is 26.2 Å². The number of fused-ring (bicyclic) bond motifs is 2. The zero-order valence-corrected chi connectivity index (χ0v) is 48.1. The fourth-order valence-electron chi connectivity index (χ4n) is 9.96. The quantitative estimate of drug-likeness (QED) is 0.0567. The molecule has 24 nitrogen and oxygen atoms in total. The van der Waals surface area contributed by atoms with Gasteiger partial charge in [-0.25, -0.2) is 48.3 Å². The molecule has 7 heterocycles. The van der Waals surface area contributed by atoms with Gasteiger partial charge in [0.25, 0.3) is 0 Å². The van der Waals surface area contributed by atoms with Gasteiger partial charge in [0.1, 0.15) is 52.9 Å². The number of pyridine rings is 4. The van der Waals surface area contributed by atoms with Crippen LogP contribution in [0.2, 0.25) is 10.0 Å². The predicted molar refractivity (Wildman–Crippen MR) is 304 cm³/mol. The topological polar surface area (TPSA) is 294 Å². The van der Waals surface area contributed by atoms with Crippen molar-refractivity contribution < 1.29 is 47.2 Å². The number of nitrogens with one attached hydrogen (secondary N) is 1. The maximum absolute atomic E-state index is 15.9. The molecule has 2 aromatic carbocycles. The Hall–Kier alpha value is -9.14. The summed E-state index contributed by atoms with van der Waals surface area (Å²) in [5, 5.41) is 29.0. The van der Waals surface area contributed by atoms with E-state index in [0.29, 0.717) is 22.8 Å². The highest BCUT2D eigenvalue weighted by Crippen LogP contribution is 2.45. The van der Waals surface area contributed by atoms with Crippen LogP contribution < -0.4 is 35.4 Å². The van der Waals surface area contributed by atoms with Crippen molar-refractivity contribution in [2.45, 2.75) is 85.1 Å². The second kappa shape index (κ2) is 23.6. The number of carbonyl (C=O) groups excluding carboxylic acids is 2. The number of ether oxygens (including phenoxy) is 4. The molecular formula is C56H52Cl2F2N12O12. The molecule has 1 unspecified atom stereocenters. The Balaban J connectivity index is 1.19. The Labute approximate surface area is 485 Å². The molecule has 0 aliphatic carbocycles. The van der Waals surface area contributed by atoms with Gasteiger partial charge in [-0.05, 0) is 60.1 Å². The van der Waals surface area contributed by atoms with Crippen LogP contribution in [0.1, 0.15) is 102 Å². The zero-order valence-electron chi connectivity index (χ0n) is 46.6. The van der Waals surface area contributed by atoms with E-state index in [1.807, 2.05) is 0 Å². The number of hydrogen-bond acceptors (Lipinski definition) is 19. The van der Waals surface area contributed by atoms with E-state index in [1.165, 1.54) is 63.3 Å². The second-order valence-electron chi connectivity index (χ2n) is 20.5. The standard InChI is InChI=1S/C56H52Cl2F2N12O12/c1-24(2)39-47(40(25(3)4)63-22-62-39)69-33-19-28(57)43(37-30(59)13-11-15-35(37)81-9)66-45(33)51(49(53(69)73)71(77)78)83-55(75)32-21-68(18-17-61-32)56(76)84-52-46-34(20-29(58)44(67-46)38-31(60)14-12-16-36(38)82-10)70(54(74)50(52)72(79)80)48-41(26(5)6)64-23-65-42(48)27(7)8/h11-16,19-20,22-27,32,61H,17-18,21H2,1-10H3. The third-order valence-electron chi connectivity index (χ3n) is 13.8. The number of aromatic nitrogens is 8. The van der Waals surface area contributed by atoms with Crippen LogP contribution >= 0.6 is 23.2 Å². The molecule has 84 heavy (non-hydrogen) atoms. The molecule has 8 aromatic rings. The van der Waals surface area contributed by atoms with Gasteiger partial charge in [0.05, 0.1) is 108 Å². The summed E-state index contributed by atoms with van der Waals surface area (Å²) in [7, 11) is 2.52. The molecule has 436 valence electrons. The molecule has 0 spiro atoms. The number of benzene rings is 2. The maximum atomic E-state index is 15.9. The van der Waals surface area contributed by atoms with Crippen molar-refractivity contribution in [3.63, 3.8) is 0 Å². The number of amides is 1. The number of methoxy groups -OCH3 is 2. The third kappa shape index (κ3) is 10.5. The fourth-order valence-corrected chi connectivity index (χ4v) is 10.4. The third-order valence-corrected chi connectivity index (χ3v) is 14.4. The summed E-state index contributed by atoms with van der Waals surface area (Å²) in [6.45, 7) is 13.1. The van der Waals surface area contributed by atoms with Crippen molar-refractivity contribution in [3.8, 4) is 56.9 Å². The van der Waals surface area contributed by atoms with E-state index in [1.54, 1.807) is 55.4 Å². The largest absolute Gasteiger partial charge is 0.496 e. The second-order valence-corrected chi connectivity index (χ2v) is 21.3. The van der Waals surface area contributed by atoms with E-state index < -0.39 is 115 Å². The van der Waals surface area contributed by atoms with Gasteiger partial charge in [0.2, 0.25) is 11.5 Å². The molecule has 1 N–H and O–H groups in total. The number of esters is 1. The molecule has 6 aromatic heterocycles. The lowest BCUT2D eigenvalue weighted by Gasteiger charge is -2.31. The summed E-state index contributed by atoms with van der Waals surface area (Å²) in [6.07, 6.45) is 1.20. The van der Waals surface area contributed by atoms with Crippen LogP contribution in [0.3, 0.4) is 0 Å². The van der Waals surface area contributed by atoms with Crippen LogP contribution in [0, 0.1) is 31.9 Å². The summed E-state index contributed by atoms with van der Waals surface area (Å²) in [6, 6.07) is 8.50. The van der Waals surface area contributed by atoms with Crippen molar-refractivity contribution in [2.75, 3.05) is 33.9 Å².